The van der Waals surface area contributed by atoms with Gasteiger partial charge in [0.15, 0.2) is 0 Å². The van der Waals surface area contributed by atoms with Gasteiger partial charge in [0.2, 0.25) is 0 Å². The van der Waals surface area contributed by atoms with Crippen molar-refractivity contribution in [2.75, 3.05) is 32.5 Å². The number of hydrogen-bond donors (Lipinski definition) is 4. The van der Waals surface area contributed by atoms with E-state index < -0.39 is 0 Å². The van der Waals surface area contributed by atoms with Crippen LogP contribution in [-0.4, -0.2) is 54.5 Å². The second-order valence-electron chi connectivity index (χ2n) is 9.27. The Morgan fingerprint density at radius 3 is 2.42 bits per heavy atom. The van der Waals surface area contributed by atoms with Crippen molar-refractivity contribution in [3.63, 3.8) is 0 Å². The zero-order valence-electron chi connectivity index (χ0n) is 20.6. The molecule has 1 saturated heterocycles. The van der Waals surface area contributed by atoms with E-state index in [1.807, 2.05) is 54.6 Å². The number of ether oxygens (including phenoxy) is 1. The van der Waals surface area contributed by atoms with Crippen LogP contribution >= 0.6 is 0 Å². The van der Waals surface area contributed by atoms with Gasteiger partial charge in [-0.25, -0.2) is 0 Å². The number of benzene rings is 3. The molecule has 36 heavy (non-hydrogen) atoms. The smallest absolute Gasteiger partial charge is 0.251 e. The second-order valence-corrected chi connectivity index (χ2v) is 9.27. The number of anilines is 1. The number of aliphatic hydroxyl groups excluding tert-OH is 1. The Morgan fingerprint density at radius 1 is 1.08 bits per heavy atom. The van der Waals surface area contributed by atoms with E-state index in [4.69, 9.17) is 15.9 Å². The van der Waals surface area contributed by atoms with E-state index in [0.29, 0.717) is 28.8 Å². The van der Waals surface area contributed by atoms with Crippen LogP contribution in [0.15, 0.2) is 72.8 Å². The number of hydrogen-bond acceptors (Lipinski definition) is 6. The lowest BCUT2D eigenvalue weighted by Gasteiger charge is -2.29. The summed E-state index contributed by atoms with van der Waals surface area (Å²) in [6, 6.07) is 21.7. The van der Waals surface area contributed by atoms with Gasteiger partial charge in [0, 0.05) is 42.1 Å². The molecule has 1 heterocycles. The molecule has 1 aliphatic heterocycles. The van der Waals surface area contributed by atoms with Crippen LogP contribution in [0, 0.1) is 5.41 Å². The number of amides is 1. The maximum absolute atomic E-state index is 13.1. The number of carbonyl (C=O) groups excluding carboxylic acids is 1. The Hall–Kier alpha value is -3.68. The number of nitrogens with zero attached hydrogens (tertiary/aromatic N) is 1. The van der Waals surface area contributed by atoms with E-state index >= 15 is 0 Å². The maximum atomic E-state index is 13.1. The first-order valence-corrected chi connectivity index (χ1v) is 12.4. The molecular formula is C29H34N4O3. The molecule has 3 aromatic carbocycles. The molecule has 0 saturated carbocycles. The van der Waals surface area contributed by atoms with Gasteiger partial charge >= 0.3 is 0 Å². The average molecular weight is 487 g/mol. The number of nitrogens with two attached hydrogens (primary N) is 1. The van der Waals surface area contributed by atoms with Crippen LogP contribution in [0.3, 0.4) is 0 Å². The number of nitrogens with one attached hydrogen (secondary N) is 2. The van der Waals surface area contributed by atoms with Crippen LogP contribution < -0.4 is 15.8 Å². The molecule has 1 fully saturated rings. The highest BCUT2D eigenvalue weighted by Crippen LogP contribution is 2.24. The number of aliphatic hydroxyl groups is 1. The molecule has 0 bridgehead atoms. The van der Waals surface area contributed by atoms with Crippen molar-refractivity contribution in [3.05, 3.63) is 95.1 Å². The average Bonchev–Trinajstić information content (AvgIpc) is 2.90. The van der Waals surface area contributed by atoms with Gasteiger partial charge in [-0.2, -0.15) is 0 Å². The number of likely N-dealkylation sites (tertiary alicyclic amines) is 1. The van der Waals surface area contributed by atoms with Crippen LogP contribution in [0.1, 0.15) is 52.4 Å². The fourth-order valence-electron chi connectivity index (χ4n) is 4.44. The molecule has 1 unspecified atom stereocenters. The lowest BCUT2D eigenvalue weighted by atomic mass is 9.98. The quantitative estimate of drug-likeness (QED) is 0.270. The fourth-order valence-corrected chi connectivity index (χ4v) is 4.44. The Bertz CT molecular complexity index is 1170. The van der Waals surface area contributed by atoms with Crippen molar-refractivity contribution >= 4 is 17.3 Å². The van der Waals surface area contributed by atoms with Crippen LogP contribution in [0.5, 0.6) is 5.75 Å². The van der Waals surface area contributed by atoms with E-state index in [-0.39, 0.29) is 30.4 Å². The largest absolute Gasteiger partial charge is 0.490 e. The van der Waals surface area contributed by atoms with Crippen molar-refractivity contribution in [3.8, 4) is 5.75 Å². The minimum absolute atomic E-state index is 0.0466. The summed E-state index contributed by atoms with van der Waals surface area (Å²) in [6.45, 7) is 2.01. The normalized spacial score (nSPS) is 15.3. The highest BCUT2D eigenvalue weighted by molar-refractivity contribution is 6.14. The molecule has 188 valence electrons. The molecule has 1 amide bonds. The van der Waals surface area contributed by atoms with E-state index in [1.165, 1.54) is 0 Å². The van der Waals surface area contributed by atoms with Crippen molar-refractivity contribution in [1.82, 2.24) is 10.2 Å². The van der Waals surface area contributed by atoms with Crippen LogP contribution in [-0.2, 0) is 0 Å². The molecular weight excluding hydrogens is 452 g/mol. The monoisotopic (exact) mass is 486 g/mol. The van der Waals surface area contributed by atoms with Gasteiger partial charge in [-0.1, -0.05) is 30.3 Å². The summed E-state index contributed by atoms with van der Waals surface area (Å²) in [7, 11) is 2.12. The Labute approximate surface area is 212 Å². The van der Waals surface area contributed by atoms with E-state index in [2.05, 4.69) is 17.3 Å². The SMILES string of the molecule is CN1CCC(Oc2ccc(C(=N)c3cc(C(=O)NC(CCO)c4ccccc4)ccc3N)cc2)CC1. The zero-order chi connectivity index (χ0) is 25.5. The molecule has 3 aromatic rings. The van der Waals surface area contributed by atoms with Gasteiger partial charge in [0.1, 0.15) is 11.9 Å². The highest BCUT2D eigenvalue weighted by atomic mass is 16.5. The van der Waals surface area contributed by atoms with Crippen LogP contribution in [0.2, 0.25) is 0 Å². The summed E-state index contributed by atoms with van der Waals surface area (Å²) in [6.07, 6.45) is 2.62. The van der Waals surface area contributed by atoms with Gasteiger partial charge in [0.05, 0.1) is 11.8 Å². The first-order chi connectivity index (χ1) is 17.4. The third-order valence-corrected chi connectivity index (χ3v) is 6.62. The minimum atomic E-state index is -0.318. The van der Waals surface area contributed by atoms with Crippen LogP contribution in [0.25, 0.3) is 0 Å². The molecule has 4 rings (SSSR count). The molecule has 1 atom stereocenters. The third kappa shape index (κ3) is 6.30. The highest BCUT2D eigenvalue weighted by Gasteiger charge is 2.19. The van der Waals surface area contributed by atoms with Crippen LogP contribution in [0.4, 0.5) is 5.69 Å². The van der Waals surface area contributed by atoms with Crippen molar-refractivity contribution in [2.45, 2.75) is 31.4 Å². The van der Waals surface area contributed by atoms with Gasteiger partial charge in [-0.3, -0.25) is 10.2 Å². The first-order valence-electron chi connectivity index (χ1n) is 12.4. The lowest BCUT2D eigenvalue weighted by Crippen LogP contribution is -2.35. The molecule has 7 nitrogen and oxygen atoms in total. The predicted octanol–water partition coefficient (Wildman–Crippen LogP) is 4.01. The Balaban J connectivity index is 1.46. The van der Waals surface area contributed by atoms with Crippen molar-refractivity contribution < 1.29 is 14.6 Å². The summed E-state index contributed by atoms with van der Waals surface area (Å²) in [4.78, 5) is 15.4. The standard InChI is InChI=1S/C29H34N4O3/c1-33-16-13-24(14-17-33)36-23-10-7-21(8-11-23)28(31)25-19-22(9-12-26(25)30)29(35)32-27(15-18-34)20-5-3-2-4-6-20/h2-12,19,24,27,31,34H,13-18,30H2,1H3,(H,32,35). The molecule has 1 aliphatic rings. The predicted molar refractivity (Wildman–Crippen MR) is 143 cm³/mol. The summed E-state index contributed by atoms with van der Waals surface area (Å²) >= 11 is 0. The lowest BCUT2D eigenvalue weighted by molar-refractivity contribution is 0.0930. The topological polar surface area (TPSA) is 112 Å². The van der Waals surface area contributed by atoms with E-state index in [0.717, 1.165) is 37.2 Å². The summed E-state index contributed by atoms with van der Waals surface area (Å²) in [5.41, 5.74) is 9.38. The Morgan fingerprint density at radius 2 is 1.75 bits per heavy atom. The molecule has 0 aliphatic carbocycles. The fraction of sp³-hybridized carbons (Fsp3) is 0.310. The van der Waals surface area contributed by atoms with Gasteiger partial charge in [0.25, 0.3) is 5.91 Å². The maximum Gasteiger partial charge on any atom is 0.251 e. The second kappa shape index (κ2) is 11.8. The number of nitrogen functional groups attached to an aromatic ring is 1. The summed E-state index contributed by atoms with van der Waals surface area (Å²) < 4.78 is 6.12. The number of piperidine rings is 1. The van der Waals surface area contributed by atoms with Gasteiger partial charge < -0.3 is 25.8 Å². The van der Waals surface area contributed by atoms with E-state index in [1.54, 1.807) is 18.2 Å². The molecule has 0 aromatic heterocycles. The van der Waals surface area contributed by atoms with E-state index in [9.17, 15) is 9.90 Å². The Kier molecular flexibility index (Phi) is 8.36. The van der Waals surface area contributed by atoms with Gasteiger partial charge in [-0.05, 0) is 74.3 Å². The first kappa shape index (κ1) is 25.4. The van der Waals surface area contributed by atoms with Crippen molar-refractivity contribution in [2.24, 2.45) is 0 Å². The zero-order valence-corrected chi connectivity index (χ0v) is 20.6. The minimum Gasteiger partial charge on any atom is -0.490 e. The third-order valence-electron chi connectivity index (χ3n) is 6.62. The molecule has 5 N–H and O–H groups in total. The molecule has 7 heteroatoms. The molecule has 0 radical (unpaired) electrons. The summed E-state index contributed by atoms with van der Waals surface area (Å²) in [5, 5.41) is 21.2. The number of rotatable bonds is 9. The van der Waals surface area contributed by atoms with Gasteiger partial charge in [-0.15, -0.1) is 0 Å². The summed E-state index contributed by atoms with van der Waals surface area (Å²) in [5.74, 6) is 0.506. The van der Waals surface area contributed by atoms with Crippen molar-refractivity contribution in [1.29, 1.82) is 5.41 Å². The number of carbonyl (C=O) groups is 1. The molecule has 0 spiro atoms.